The number of esters is 1. The average Bonchev–Trinajstić information content (AvgIpc) is 3.25. The van der Waals surface area contributed by atoms with Crippen LogP contribution in [0, 0.1) is 5.92 Å². The smallest absolute Gasteiger partial charge is 0.442 e. The molecule has 1 aromatic heterocycles. The molecule has 0 aliphatic carbocycles. The number of aliphatic hydroxyl groups excluding tert-OH is 1. The number of hydrogen-bond acceptors (Lipinski definition) is 18. The Kier molecular flexibility index (Phi) is 15.5. The number of ether oxygens (including phenoxy) is 6. The molecule has 0 aromatic carbocycles. The van der Waals surface area contributed by atoms with Crippen LogP contribution in [0.25, 0.3) is 0 Å². The van der Waals surface area contributed by atoms with Crippen molar-refractivity contribution in [3.8, 4) is 0 Å². The van der Waals surface area contributed by atoms with E-state index in [1.807, 2.05) is 0 Å². The molecule has 1 aliphatic rings. The van der Waals surface area contributed by atoms with E-state index in [-0.39, 0.29) is 12.3 Å². The zero-order valence-corrected chi connectivity index (χ0v) is 29.6. The molecule has 286 valence electrons. The van der Waals surface area contributed by atoms with Crippen LogP contribution >= 0.6 is 7.82 Å². The number of carbonyl (C=O) groups excluding carboxylic acids is 3. The number of carbonyl (C=O) groups is 3. The van der Waals surface area contributed by atoms with Gasteiger partial charge < -0.3 is 44.4 Å². The van der Waals surface area contributed by atoms with Crippen LogP contribution in [-0.2, 0) is 58.1 Å². The van der Waals surface area contributed by atoms with Gasteiger partial charge in [0.15, 0.2) is 18.6 Å². The van der Waals surface area contributed by atoms with Gasteiger partial charge in [0.2, 0.25) is 13.6 Å². The highest BCUT2D eigenvalue weighted by molar-refractivity contribution is 7.48. The van der Waals surface area contributed by atoms with Gasteiger partial charge >= 0.3 is 31.8 Å². The lowest BCUT2D eigenvalue weighted by atomic mass is 9.85. The summed E-state index contributed by atoms with van der Waals surface area (Å²) in [6.45, 7) is 4.76. The van der Waals surface area contributed by atoms with E-state index in [9.17, 15) is 43.1 Å². The van der Waals surface area contributed by atoms with Crippen LogP contribution in [0.2, 0.25) is 0 Å². The first kappa shape index (κ1) is 42.7. The van der Waals surface area contributed by atoms with Gasteiger partial charge in [0.1, 0.15) is 24.4 Å². The minimum Gasteiger partial charge on any atom is -0.442 e. The number of nitrogens with two attached hydrogens (primary N) is 1. The first-order chi connectivity index (χ1) is 23.3. The topological polar surface area (TPSA) is 262 Å². The molecule has 5 atom stereocenters. The Labute approximate surface area is 286 Å². The van der Waals surface area contributed by atoms with Gasteiger partial charge in [0.25, 0.3) is 5.56 Å². The summed E-state index contributed by atoms with van der Waals surface area (Å²) in [5.41, 5.74) is -1.43. The third-order valence-electron chi connectivity index (χ3n) is 7.12. The third kappa shape index (κ3) is 10.8. The SMILES string of the molecule is CC[C@]1(O)C(n2ccc(=O)n(COC(=O)C(N)C(C)C)c2=O)O[C@](CF)(COP(=O)(OCOC(=O)OC(C)C)OCOC(=O)OC(C)C)[C@H]1O. The fraction of sp³-hybridized carbons (Fsp3) is 0.750. The predicted octanol–water partition coefficient (Wildman–Crippen LogP) is 1.43. The lowest BCUT2D eigenvalue weighted by Gasteiger charge is -2.33. The molecule has 1 fully saturated rings. The van der Waals surface area contributed by atoms with Crippen LogP contribution in [0.15, 0.2) is 21.9 Å². The summed E-state index contributed by atoms with van der Waals surface area (Å²) >= 11 is 0. The van der Waals surface area contributed by atoms with Gasteiger partial charge in [-0.05, 0) is 40.0 Å². The maximum atomic E-state index is 14.9. The second-order valence-corrected chi connectivity index (χ2v) is 13.6. The summed E-state index contributed by atoms with van der Waals surface area (Å²) in [7, 11) is -5.01. The van der Waals surface area contributed by atoms with Crippen LogP contribution in [0.1, 0.15) is 61.1 Å². The van der Waals surface area contributed by atoms with E-state index in [0.29, 0.717) is 9.13 Å². The summed E-state index contributed by atoms with van der Waals surface area (Å²) in [4.78, 5) is 61.7. The Morgan fingerprint density at radius 1 is 1.00 bits per heavy atom. The minimum atomic E-state index is -5.01. The molecular weight excluding hydrogens is 700 g/mol. The van der Waals surface area contributed by atoms with Gasteiger partial charge in [-0.2, -0.15) is 0 Å². The Morgan fingerprint density at radius 3 is 2.00 bits per heavy atom. The normalized spacial score (nSPS) is 22.8. The van der Waals surface area contributed by atoms with E-state index in [2.05, 4.69) is 9.47 Å². The maximum Gasteiger partial charge on any atom is 0.510 e. The van der Waals surface area contributed by atoms with E-state index in [1.54, 1.807) is 13.8 Å². The number of phosphoric acid groups is 1. The number of hydrogen-bond donors (Lipinski definition) is 3. The molecule has 1 saturated heterocycles. The average molecular weight is 746 g/mol. The fourth-order valence-corrected chi connectivity index (χ4v) is 5.22. The van der Waals surface area contributed by atoms with Gasteiger partial charge in [-0.25, -0.2) is 37.0 Å². The number of nitrogens with zero attached hydrogens (tertiary/aromatic N) is 2. The number of aliphatic hydroxyl groups is 2. The van der Waals surface area contributed by atoms with Crippen LogP contribution < -0.4 is 17.0 Å². The number of rotatable bonds is 18. The zero-order valence-electron chi connectivity index (χ0n) is 28.7. The van der Waals surface area contributed by atoms with Crippen LogP contribution in [-0.4, -0.2) is 100 Å². The molecule has 0 spiro atoms. The molecule has 2 heterocycles. The van der Waals surface area contributed by atoms with Gasteiger partial charge in [0, 0.05) is 12.3 Å². The molecular formula is C28H45FN3O17P. The second kappa shape index (κ2) is 18.2. The van der Waals surface area contributed by atoms with Crippen molar-refractivity contribution >= 4 is 26.1 Å². The quantitative estimate of drug-likeness (QED) is 0.0830. The molecule has 0 amide bonds. The van der Waals surface area contributed by atoms with Crippen molar-refractivity contribution < 1.29 is 75.5 Å². The predicted molar refractivity (Wildman–Crippen MR) is 165 cm³/mol. The Balaban J connectivity index is 2.38. The molecule has 22 heteroatoms. The van der Waals surface area contributed by atoms with E-state index in [0.717, 1.165) is 12.3 Å². The number of alkyl halides is 1. The Morgan fingerprint density at radius 2 is 1.54 bits per heavy atom. The highest BCUT2D eigenvalue weighted by Gasteiger charge is 2.64. The fourth-order valence-electron chi connectivity index (χ4n) is 4.26. The summed E-state index contributed by atoms with van der Waals surface area (Å²) < 4.78 is 74.1. The van der Waals surface area contributed by atoms with Crippen molar-refractivity contribution in [3.05, 3.63) is 33.1 Å². The van der Waals surface area contributed by atoms with Crippen molar-refractivity contribution in [2.24, 2.45) is 11.7 Å². The first-order valence-corrected chi connectivity index (χ1v) is 16.8. The van der Waals surface area contributed by atoms with Crippen molar-refractivity contribution in [2.75, 3.05) is 26.9 Å². The van der Waals surface area contributed by atoms with Gasteiger partial charge in [-0.1, -0.05) is 20.8 Å². The number of halogens is 1. The highest BCUT2D eigenvalue weighted by atomic mass is 31.2. The lowest BCUT2D eigenvalue weighted by Crippen LogP contribution is -2.54. The third-order valence-corrected chi connectivity index (χ3v) is 8.41. The van der Waals surface area contributed by atoms with Crippen molar-refractivity contribution in [1.82, 2.24) is 9.13 Å². The molecule has 1 aliphatic heterocycles. The maximum absolute atomic E-state index is 14.9. The monoisotopic (exact) mass is 745 g/mol. The molecule has 1 aromatic rings. The molecule has 0 radical (unpaired) electrons. The molecule has 4 N–H and O–H groups in total. The molecule has 2 rings (SSSR count). The highest BCUT2D eigenvalue weighted by Crippen LogP contribution is 2.53. The number of phosphoric ester groups is 1. The molecule has 0 saturated carbocycles. The molecule has 20 nitrogen and oxygen atoms in total. The molecule has 50 heavy (non-hydrogen) atoms. The van der Waals surface area contributed by atoms with Gasteiger partial charge in [-0.15, -0.1) is 0 Å². The summed E-state index contributed by atoms with van der Waals surface area (Å²) in [6, 6.07) is -0.204. The van der Waals surface area contributed by atoms with Gasteiger partial charge in [0.05, 0.1) is 18.8 Å². The van der Waals surface area contributed by atoms with E-state index >= 15 is 0 Å². The van der Waals surface area contributed by atoms with Crippen LogP contribution in [0.5, 0.6) is 0 Å². The van der Waals surface area contributed by atoms with Crippen LogP contribution in [0.4, 0.5) is 14.0 Å². The summed E-state index contributed by atoms with van der Waals surface area (Å²) in [5.74, 6) is -1.24. The van der Waals surface area contributed by atoms with Crippen molar-refractivity contribution in [3.63, 3.8) is 0 Å². The first-order valence-electron chi connectivity index (χ1n) is 15.3. The lowest BCUT2D eigenvalue weighted by molar-refractivity contribution is -0.151. The summed E-state index contributed by atoms with van der Waals surface area (Å²) in [6.07, 6.45) is -7.28. The largest absolute Gasteiger partial charge is 0.510 e. The zero-order chi connectivity index (χ0) is 38.0. The number of aromatic nitrogens is 2. The molecule has 0 bridgehead atoms. The van der Waals surface area contributed by atoms with Crippen molar-refractivity contribution in [2.45, 2.75) is 103 Å². The van der Waals surface area contributed by atoms with Crippen molar-refractivity contribution in [1.29, 1.82) is 0 Å². The summed E-state index contributed by atoms with van der Waals surface area (Å²) in [5, 5.41) is 22.8. The second-order valence-electron chi connectivity index (χ2n) is 11.9. The Hall–Kier alpha value is -3.43. The standard InChI is InChI=1S/C28H45FN3O17P/c1-8-28(39)22(35)27(11-29,49-23(28)31-10-9-19(33)32(24(31)36)13-41-21(34)20(30)16(2)3)12-44-50(40,45-14-42-25(37)47-17(4)5)46-15-43-26(38)48-18(6)7/h9-10,16-18,20,22-23,35,39H,8,11-15,30H2,1-7H3/t20?,22-,23?,27-,28-/m1/s1. The van der Waals surface area contributed by atoms with Crippen LogP contribution in [0.3, 0.4) is 0 Å². The Bertz CT molecular complexity index is 1450. The minimum absolute atomic E-state index is 0.329. The van der Waals surface area contributed by atoms with Gasteiger partial charge in [-0.3, -0.25) is 18.7 Å². The van der Waals surface area contributed by atoms with E-state index in [1.165, 1.54) is 34.6 Å². The van der Waals surface area contributed by atoms with E-state index < -0.39 is 113 Å². The molecule has 2 unspecified atom stereocenters. The van der Waals surface area contributed by atoms with E-state index in [4.69, 9.17) is 38.3 Å².